The first-order valence-corrected chi connectivity index (χ1v) is 8.11. The van der Waals surface area contributed by atoms with Gasteiger partial charge in [0.25, 0.3) is 0 Å². The Morgan fingerprint density at radius 2 is 1.95 bits per heavy atom. The second kappa shape index (κ2) is 8.56. The number of carbonyl (C=O) groups is 1. The number of allylic oxidation sites excluding steroid dienone is 1. The lowest BCUT2D eigenvalue weighted by molar-refractivity contribution is -0.150. The Kier molecular flexibility index (Phi) is 7.42. The molecule has 1 rings (SSSR count). The third-order valence-electron chi connectivity index (χ3n) is 3.12. The van der Waals surface area contributed by atoms with Crippen LogP contribution in [-0.4, -0.2) is 24.1 Å². The van der Waals surface area contributed by atoms with Crippen LogP contribution in [0.2, 0.25) is 0 Å². The first-order chi connectivity index (χ1) is 9.44. The molecule has 1 aliphatic rings. The minimum Gasteiger partial charge on any atom is -0.497 e. The zero-order chi connectivity index (χ0) is 15.0. The molecule has 0 aromatic carbocycles. The maximum absolute atomic E-state index is 12.3. The lowest BCUT2D eigenvalue weighted by Gasteiger charge is -2.21. The van der Waals surface area contributed by atoms with Gasteiger partial charge in [-0.15, -0.1) is 11.6 Å². The summed E-state index contributed by atoms with van der Waals surface area (Å²) >= 11 is 5.67. The van der Waals surface area contributed by atoms with E-state index in [4.69, 9.17) is 21.1 Å². The van der Waals surface area contributed by atoms with Crippen molar-refractivity contribution in [3.05, 3.63) is 11.3 Å². The number of carbonyl (C=O) groups excluding carboxylic acids is 1. The molecule has 1 fully saturated rings. The van der Waals surface area contributed by atoms with Crippen LogP contribution >= 0.6 is 11.6 Å². The smallest absolute Gasteiger partial charge is 0.337 e. The molecule has 1 saturated heterocycles. The Labute approximate surface area is 127 Å². The third-order valence-corrected chi connectivity index (χ3v) is 3.38. The first kappa shape index (κ1) is 17.4. The van der Waals surface area contributed by atoms with Crippen molar-refractivity contribution in [2.75, 3.05) is 12.5 Å². The van der Waals surface area contributed by atoms with E-state index >= 15 is 0 Å². The minimum absolute atomic E-state index is 0.216. The lowest BCUT2D eigenvalue weighted by atomic mass is 10.0. The molecule has 0 bridgehead atoms. The summed E-state index contributed by atoms with van der Waals surface area (Å²) in [6.45, 7) is 6.39. The van der Waals surface area contributed by atoms with Crippen molar-refractivity contribution in [1.82, 2.24) is 0 Å². The number of ether oxygens (including phenoxy) is 2. The van der Waals surface area contributed by atoms with Crippen molar-refractivity contribution in [1.29, 1.82) is 0 Å². The van der Waals surface area contributed by atoms with E-state index in [1.807, 2.05) is 20.8 Å². The van der Waals surface area contributed by atoms with Gasteiger partial charge in [-0.3, -0.25) is 0 Å². The topological polar surface area (TPSA) is 35.5 Å². The summed E-state index contributed by atoms with van der Waals surface area (Å²) in [5.74, 6) is 1.34. The van der Waals surface area contributed by atoms with Crippen molar-refractivity contribution in [2.24, 2.45) is 0 Å². The molecule has 116 valence electrons. The van der Waals surface area contributed by atoms with Crippen LogP contribution in [0.3, 0.4) is 0 Å². The van der Waals surface area contributed by atoms with Gasteiger partial charge in [0.05, 0.1) is 12.2 Å². The van der Waals surface area contributed by atoms with Gasteiger partial charge in [0, 0.05) is 12.3 Å². The average molecular weight is 303 g/mol. The summed E-state index contributed by atoms with van der Waals surface area (Å²) in [6, 6.07) is 0. The fourth-order valence-electron chi connectivity index (χ4n) is 2.18. The molecule has 0 aliphatic carbocycles. The summed E-state index contributed by atoms with van der Waals surface area (Å²) in [4.78, 5) is 12.3. The van der Waals surface area contributed by atoms with Crippen LogP contribution in [0.1, 0.15) is 65.7 Å². The molecule has 3 nitrogen and oxygen atoms in total. The van der Waals surface area contributed by atoms with Gasteiger partial charge in [-0.1, -0.05) is 12.8 Å². The second-order valence-corrected chi connectivity index (χ2v) is 6.59. The number of hydrogen-bond acceptors (Lipinski definition) is 3. The number of rotatable bonds is 7. The van der Waals surface area contributed by atoms with Gasteiger partial charge in [0.15, 0.2) is 0 Å². The number of esters is 1. The fourth-order valence-corrected chi connectivity index (χ4v) is 2.37. The SMILES string of the molecule is CC(C)(C)OC(=O)/C(CCCCCCCl)=C1\CCCO1. The Morgan fingerprint density at radius 1 is 1.25 bits per heavy atom. The second-order valence-electron chi connectivity index (χ2n) is 6.21. The van der Waals surface area contributed by atoms with E-state index in [1.54, 1.807) is 0 Å². The summed E-state index contributed by atoms with van der Waals surface area (Å²) in [5.41, 5.74) is 0.281. The van der Waals surface area contributed by atoms with E-state index in [2.05, 4.69) is 0 Å². The van der Waals surface area contributed by atoms with E-state index in [-0.39, 0.29) is 5.97 Å². The summed E-state index contributed by atoms with van der Waals surface area (Å²) in [5, 5.41) is 0. The molecular weight excluding hydrogens is 276 g/mol. The molecule has 0 atom stereocenters. The zero-order valence-corrected chi connectivity index (χ0v) is 13.7. The van der Waals surface area contributed by atoms with E-state index < -0.39 is 5.60 Å². The number of unbranched alkanes of at least 4 members (excludes halogenated alkanes) is 3. The van der Waals surface area contributed by atoms with Crippen LogP contribution in [0.25, 0.3) is 0 Å². The quantitative estimate of drug-likeness (QED) is 0.299. The van der Waals surface area contributed by atoms with Crippen LogP contribution in [0.15, 0.2) is 11.3 Å². The van der Waals surface area contributed by atoms with Gasteiger partial charge in [-0.25, -0.2) is 4.79 Å². The van der Waals surface area contributed by atoms with Gasteiger partial charge >= 0.3 is 5.97 Å². The highest BCUT2D eigenvalue weighted by Crippen LogP contribution is 2.26. The molecule has 1 heterocycles. The highest BCUT2D eigenvalue weighted by atomic mass is 35.5. The Balaban J connectivity index is 2.58. The molecule has 20 heavy (non-hydrogen) atoms. The van der Waals surface area contributed by atoms with Crippen LogP contribution in [0, 0.1) is 0 Å². The third kappa shape index (κ3) is 6.65. The van der Waals surface area contributed by atoms with E-state index in [9.17, 15) is 4.79 Å². The number of halogens is 1. The number of alkyl halides is 1. The van der Waals surface area contributed by atoms with Crippen molar-refractivity contribution in [2.45, 2.75) is 71.3 Å². The predicted octanol–water partition coefficient (Wildman–Crippen LogP) is 4.58. The summed E-state index contributed by atoms with van der Waals surface area (Å²) < 4.78 is 11.1. The lowest BCUT2D eigenvalue weighted by Crippen LogP contribution is -2.25. The van der Waals surface area contributed by atoms with Crippen LogP contribution < -0.4 is 0 Å². The van der Waals surface area contributed by atoms with E-state index in [0.717, 1.165) is 56.3 Å². The van der Waals surface area contributed by atoms with Gasteiger partial charge in [-0.05, 0) is 46.5 Å². The van der Waals surface area contributed by atoms with Crippen molar-refractivity contribution in [3.8, 4) is 0 Å². The highest BCUT2D eigenvalue weighted by Gasteiger charge is 2.25. The molecule has 0 amide bonds. The fraction of sp³-hybridized carbons (Fsp3) is 0.812. The monoisotopic (exact) mass is 302 g/mol. The molecule has 0 aromatic rings. The summed E-state index contributed by atoms with van der Waals surface area (Å²) in [6.07, 6.45) is 6.82. The Morgan fingerprint density at radius 3 is 2.50 bits per heavy atom. The Bertz CT molecular complexity index is 334. The number of hydrogen-bond donors (Lipinski definition) is 0. The molecule has 0 unspecified atom stereocenters. The van der Waals surface area contributed by atoms with Crippen molar-refractivity contribution < 1.29 is 14.3 Å². The van der Waals surface area contributed by atoms with Crippen LogP contribution in [-0.2, 0) is 14.3 Å². The van der Waals surface area contributed by atoms with E-state index in [0.29, 0.717) is 12.5 Å². The van der Waals surface area contributed by atoms with Gasteiger partial charge in [-0.2, -0.15) is 0 Å². The minimum atomic E-state index is -0.458. The van der Waals surface area contributed by atoms with Gasteiger partial charge in [0.2, 0.25) is 0 Å². The van der Waals surface area contributed by atoms with Crippen LogP contribution in [0.4, 0.5) is 0 Å². The average Bonchev–Trinajstić information content (AvgIpc) is 2.84. The normalized spacial score (nSPS) is 17.8. The van der Waals surface area contributed by atoms with Crippen molar-refractivity contribution in [3.63, 3.8) is 0 Å². The molecule has 1 aliphatic heterocycles. The Hall–Kier alpha value is -0.700. The largest absolute Gasteiger partial charge is 0.497 e. The molecular formula is C16H27ClO3. The molecule has 0 aromatic heterocycles. The summed E-state index contributed by atoms with van der Waals surface area (Å²) in [7, 11) is 0. The highest BCUT2D eigenvalue weighted by molar-refractivity contribution is 6.17. The van der Waals surface area contributed by atoms with Crippen LogP contribution in [0.5, 0.6) is 0 Å². The standard InChI is InChI=1S/C16H27ClO3/c1-16(2,3)20-15(18)13(14-10-8-12-19-14)9-6-4-5-7-11-17/h4-12H2,1-3H3/b14-13+. The van der Waals surface area contributed by atoms with Gasteiger partial charge in [0.1, 0.15) is 11.4 Å². The molecule has 4 heteroatoms. The maximum Gasteiger partial charge on any atom is 0.337 e. The predicted molar refractivity (Wildman–Crippen MR) is 81.9 cm³/mol. The first-order valence-electron chi connectivity index (χ1n) is 7.58. The maximum atomic E-state index is 12.3. The van der Waals surface area contributed by atoms with Crippen molar-refractivity contribution >= 4 is 17.6 Å². The molecule has 0 spiro atoms. The molecule has 0 saturated carbocycles. The van der Waals surface area contributed by atoms with Gasteiger partial charge < -0.3 is 9.47 Å². The van der Waals surface area contributed by atoms with E-state index in [1.165, 1.54) is 0 Å². The molecule has 0 radical (unpaired) electrons. The zero-order valence-electron chi connectivity index (χ0n) is 13.0. The molecule has 0 N–H and O–H groups in total.